The number of ether oxygens (including phenoxy) is 1. The van der Waals surface area contributed by atoms with Gasteiger partial charge in [-0.15, -0.1) is 0 Å². The number of carbonyl (C=O) groups is 1. The van der Waals surface area contributed by atoms with E-state index < -0.39 is 6.03 Å². The largest absolute Gasteiger partial charge is 0.503 e. The average molecular weight is 378 g/mol. The number of nitrogens with zero attached hydrogens (tertiary/aromatic N) is 1. The maximum atomic E-state index is 11.8. The fraction of sp³-hybridized carbons (Fsp3) is 0.125. The summed E-state index contributed by atoms with van der Waals surface area (Å²) in [5, 5.41) is 16.3. The molecule has 0 bridgehead atoms. The number of anilines is 1. The Kier molecular flexibility index (Phi) is 5.59. The molecule has 0 radical (unpaired) electrons. The molecule has 0 aliphatic rings. The molecule has 2 amide bonds. The van der Waals surface area contributed by atoms with Gasteiger partial charge in [-0.05, 0) is 52.2 Å². The number of aromatic hydroxyl groups is 1. The fourth-order valence-electron chi connectivity index (χ4n) is 1.85. The monoisotopic (exact) mass is 377 g/mol. The molecule has 0 unspecified atom stereocenters. The first-order valence-electron chi connectivity index (χ1n) is 6.73. The molecule has 3 N–H and O–H groups in total. The SMILES string of the molecule is COc1cc(C=NNC(=O)Nc2ccccc2C)cc(Br)c1O. The number of phenols is 1. The number of hydrazone groups is 1. The van der Waals surface area contributed by atoms with E-state index in [4.69, 9.17) is 4.74 Å². The lowest BCUT2D eigenvalue weighted by molar-refractivity contribution is 0.252. The van der Waals surface area contributed by atoms with E-state index in [0.29, 0.717) is 21.5 Å². The van der Waals surface area contributed by atoms with Crippen molar-refractivity contribution >= 4 is 33.9 Å². The van der Waals surface area contributed by atoms with Crippen molar-refractivity contribution in [2.45, 2.75) is 6.92 Å². The molecule has 0 saturated carbocycles. The van der Waals surface area contributed by atoms with E-state index in [-0.39, 0.29) is 5.75 Å². The summed E-state index contributed by atoms with van der Waals surface area (Å²) in [5.74, 6) is 0.320. The first-order valence-corrected chi connectivity index (χ1v) is 7.52. The topological polar surface area (TPSA) is 83.0 Å². The molecule has 6 nitrogen and oxygen atoms in total. The summed E-state index contributed by atoms with van der Waals surface area (Å²) in [6.45, 7) is 1.90. The predicted molar refractivity (Wildman–Crippen MR) is 93.3 cm³/mol. The molecule has 0 atom stereocenters. The van der Waals surface area contributed by atoms with Crippen LogP contribution in [0.5, 0.6) is 11.5 Å². The minimum Gasteiger partial charge on any atom is -0.503 e. The van der Waals surface area contributed by atoms with Crippen molar-refractivity contribution in [3.8, 4) is 11.5 Å². The summed E-state index contributed by atoms with van der Waals surface area (Å²) in [5.41, 5.74) is 4.71. The van der Waals surface area contributed by atoms with Crippen molar-refractivity contribution in [3.05, 3.63) is 52.0 Å². The normalized spacial score (nSPS) is 10.6. The second kappa shape index (κ2) is 7.64. The Labute approximate surface area is 142 Å². The van der Waals surface area contributed by atoms with Crippen LogP contribution in [-0.4, -0.2) is 24.5 Å². The zero-order valence-electron chi connectivity index (χ0n) is 12.6. The van der Waals surface area contributed by atoms with Crippen LogP contribution < -0.4 is 15.5 Å². The number of carbonyl (C=O) groups excluding carboxylic acids is 1. The molecule has 0 aliphatic heterocycles. The van der Waals surface area contributed by atoms with Crippen LogP contribution in [0.15, 0.2) is 46.0 Å². The Hall–Kier alpha value is -2.54. The lowest BCUT2D eigenvalue weighted by Gasteiger charge is -2.07. The van der Waals surface area contributed by atoms with Gasteiger partial charge in [0, 0.05) is 5.69 Å². The molecule has 0 spiro atoms. The van der Waals surface area contributed by atoms with Gasteiger partial charge in [-0.1, -0.05) is 18.2 Å². The Morgan fingerprint density at radius 1 is 1.35 bits per heavy atom. The number of phenolic OH excluding ortho intramolecular Hbond substituents is 1. The summed E-state index contributed by atoms with van der Waals surface area (Å²) in [4.78, 5) is 11.8. The Morgan fingerprint density at radius 2 is 2.09 bits per heavy atom. The molecule has 0 aromatic heterocycles. The van der Waals surface area contributed by atoms with Crippen LogP contribution in [0.3, 0.4) is 0 Å². The third kappa shape index (κ3) is 4.46. The van der Waals surface area contributed by atoms with Gasteiger partial charge in [0.05, 0.1) is 17.8 Å². The average Bonchev–Trinajstić information content (AvgIpc) is 2.53. The number of aryl methyl sites for hydroxylation is 1. The van der Waals surface area contributed by atoms with Gasteiger partial charge in [-0.2, -0.15) is 5.10 Å². The number of amides is 2. The van der Waals surface area contributed by atoms with E-state index in [1.807, 2.05) is 25.1 Å². The number of para-hydroxylation sites is 1. The van der Waals surface area contributed by atoms with Crippen molar-refractivity contribution in [2.24, 2.45) is 5.10 Å². The Bertz CT molecular complexity index is 747. The Balaban J connectivity index is 2.00. The van der Waals surface area contributed by atoms with Crippen molar-refractivity contribution in [1.82, 2.24) is 5.43 Å². The highest BCUT2D eigenvalue weighted by atomic mass is 79.9. The standard InChI is InChI=1S/C16H16BrN3O3/c1-10-5-3-4-6-13(10)19-16(22)20-18-9-11-7-12(17)15(21)14(8-11)23-2/h3-9,21H,1-2H3,(H2,19,20,22). The number of rotatable bonds is 4. The fourth-order valence-corrected chi connectivity index (χ4v) is 2.31. The van der Waals surface area contributed by atoms with Crippen molar-refractivity contribution < 1.29 is 14.6 Å². The highest BCUT2D eigenvalue weighted by Crippen LogP contribution is 2.34. The summed E-state index contributed by atoms with van der Waals surface area (Å²) < 4.78 is 5.52. The van der Waals surface area contributed by atoms with Gasteiger partial charge in [0.2, 0.25) is 0 Å². The van der Waals surface area contributed by atoms with Crippen LogP contribution in [0.4, 0.5) is 10.5 Å². The number of halogens is 1. The molecular formula is C16H16BrN3O3. The van der Waals surface area contributed by atoms with Gasteiger partial charge in [0.25, 0.3) is 0 Å². The van der Waals surface area contributed by atoms with Crippen LogP contribution in [0.2, 0.25) is 0 Å². The molecule has 7 heteroatoms. The summed E-state index contributed by atoms with van der Waals surface area (Å²) >= 11 is 3.22. The zero-order valence-corrected chi connectivity index (χ0v) is 14.2. The molecule has 0 fully saturated rings. The maximum Gasteiger partial charge on any atom is 0.339 e. The highest BCUT2D eigenvalue weighted by Gasteiger charge is 2.07. The van der Waals surface area contributed by atoms with E-state index >= 15 is 0 Å². The molecule has 120 valence electrons. The zero-order chi connectivity index (χ0) is 16.8. The van der Waals surface area contributed by atoms with E-state index in [0.717, 1.165) is 5.56 Å². The number of benzene rings is 2. The van der Waals surface area contributed by atoms with Crippen LogP contribution in [-0.2, 0) is 0 Å². The van der Waals surface area contributed by atoms with Gasteiger partial charge >= 0.3 is 6.03 Å². The van der Waals surface area contributed by atoms with Crippen LogP contribution in [0, 0.1) is 6.92 Å². The third-order valence-electron chi connectivity index (χ3n) is 3.04. The van der Waals surface area contributed by atoms with E-state index in [1.165, 1.54) is 13.3 Å². The number of methoxy groups -OCH3 is 1. The van der Waals surface area contributed by atoms with Crippen LogP contribution >= 0.6 is 15.9 Å². The molecule has 2 aromatic rings. The molecule has 0 heterocycles. The quantitative estimate of drug-likeness (QED) is 0.561. The van der Waals surface area contributed by atoms with Gasteiger partial charge in [-0.3, -0.25) is 0 Å². The number of urea groups is 1. The third-order valence-corrected chi connectivity index (χ3v) is 3.65. The van der Waals surface area contributed by atoms with Crippen LogP contribution in [0.1, 0.15) is 11.1 Å². The summed E-state index contributed by atoms with van der Waals surface area (Å²) in [6, 6.07) is 10.3. The number of nitrogens with one attached hydrogen (secondary N) is 2. The van der Waals surface area contributed by atoms with Gasteiger partial charge in [-0.25, -0.2) is 10.2 Å². The minimum atomic E-state index is -0.444. The molecule has 0 saturated heterocycles. The second-order valence-electron chi connectivity index (χ2n) is 4.69. The number of hydrogen-bond donors (Lipinski definition) is 3. The number of hydrogen-bond acceptors (Lipinski definition) is 4. The lowest BCUT2D eigenvalue weighted by atomic mass is 10.2. The smallest absolute Gasteiger partial charge is 0.339 e. The summed E-state index contributed by atoms with van der Waals surface area (Å²) in [7, 11) is 1.45. The van der Waals surface area contributed by atoms with E-state index in [9.17, 15) is 9.90 Å². The second-order valence-corrected chi connectivity index (χ2v) is 5.55. The van der Waals surface area contributed by atoms with Crippen molar-refractivity contribution in [3.63, 3.8) is 0 Å². The highest BCUT2D eigenvalue weighted by molar-refractivity contribution is 9.10. The Morgan fingerprint density at radius 3 is 2.78 bits per heavy atom. The van der Waals surface area contributed by atoms with Gasteiger partial charge in [0.1, 0.15) is 0 Å². The van der Waals surface area contributed by atoms with Crippen molar-refractivity contribution in [2.75, 3.05) is 12.4 Å². The first-order chi connectivity index (χ1) is 11.0. The molecular weight excluding hydrogens is 362 g/mol. The van der Waals surface area contributed by atoms with Crippen molar-refractivity contribution in [1.29, 1.82) is 0 Å². The summed E-state index contributed by atoms with van der Waals surface area (Å²) in [6.07, 6.45) is 1.45. The van der Waals surface area contributed by atoms with Gasteiger partial charge in [0.15, 0.2) is 11.5 Å². The minimum absolute atomic E-state index is 0.00917. The van der Waals surface area contributed by atoms with E-state index in [1.54, 1.807) is 18.2 Å². The van der Waals surface area contributed by atoms with E-state index in [2.05, 4.69) is 31.8 Å². The molecule has 23 heavy (non-hydrogen) atoms. The van der Waals surface area contributed by atoms with Gasteiger partial charge < -0.3 is 15.2 Å². The molecule has 2 rings (SSSR count). The molecule has 0 aliphatic carbocycles. The van der Waals surface area contributed by atoms with Crippen LogP contribution in [0.25, 0.3) is 0 Å². The first kappa shape index (κ1) is 16.8. The maximum absolute atomic E-state index is 11.8. The predicted octanol–water partition coefficient (Wildman–Crippen LogP) is 3.63. The lowest BCUT2D eigenvalue weighted by Crippen LogP contribution is -2.24. The molecule has 2 aromatic carbocycles.